The summed E-state index contributed by atoms with van der Waals surface area (Å²) >= 11 is 0. The smallest absolute Gasteiger partial charge is 0.258 e. The Kier molecular flexibility index (Phi) is 3.73. The second kappa shape index (κ2) is 5.54. The van der Waals surface area contributed by atoms with Crippen LogP contribution in [0.25, 0.3) is 0 Å². The third-order valence-electron chi connectivity index (χ3n) is 3.88. The Morgan fingerprint density at radius 2 is 2.29 bits per heavy atom. The summed E-state index contributed by atoms with van der Waals surface area (Å²) in [6, 6.07) is 0. The normalized spacial score (nSPS) is 21.6. The highest BCUT2D eigenvalue weighted by atomic mass is 19.3. The third-order valence-corrected chi connectivity index (χ3v) is 3.88. The van der Waals surface area contributed by atoms with Crippen molar-refractivity contribution in [3.63, 3.8) is 0 Å². The van der Waals surface area contributed by atoms with Crippen LogP contribution in [0.5, 0.6) is 0 Å². The second-order valence-electron chi connectivity index (χ2n) is 5.64. The number of alkyl halides is 2. The van der Waals surface area contributed by atoms with Gasteiger partial charge in [-0.3, -0.25) is 4.68 Å². The zero-order valence-electron chi connectivity index (χ0n) is 11.9. The molecule has 1 fully saturated rings. The Hall–Kier alpha value is -1.79. The Morgan fingerprint density at radius 3 is 3.00 bits per heavy atom. The van der Waals surface area contributed by atoms with Crippen LogP contribution in [0.15, 0.2) is 16.9 Å². The number of aryl methyl sites for hydroxylation is 3. The van der Waals surface area contributed by atoms with Gasteiger partial charge in [0.2, 0.25) is 5.89 Å². The minimum absolute atomic E-state index is 0.0892. The molecule has 0 aromatic carbocycles. The molecule has 1 aliphatic carbocycles. The van der Waals surface area contributed by atoms with Crippen LogP contribution >= 0.6 is 0 Å². The molecule has 21 heavy (non-hydrogen) atoms. The van der Waals surface area contributed by atoms with Crippen molar-refractivity contribution in [1.82, 2.24) is 19.9 Å². The van der Waals surface area contributed by atoms with E-state index in [1.165, 1.54) is 0 Å². The van der Waals surface area contributed by atoms with Crippen LogP contribution in [-0.2, 0) is 13.0 Å². The molecule has 0 bridgehead atoms. The zero-order valence-corrected chi connectivity index (χ0v) is 11.9. The van der Waals surface area contributed by atoms with Crippen LogP contribution in [0.3, 0.4) is 0 Å². The van der Waals surface area contributed by atoms with E-state index in [-0.39, 0.29) is 12.2 Å². The summed E-state index contributed by atoms with van der Waals surface area (Å²) in [6.07, 6.45) is 5.85. The number of aromatic nitrogens is 4. The third kappa shape index (κ3) is 3.11. The van der Waals surface area contributed by atoms with Crippen molar-refractivity contribution in [2.24, 2.45) is 0 Å². The van der Waals surface area contributed by atoms with Crippen LogP contribution in [0.1, 0.15) is 48.9 Å². The van der Waals surface area contributed by atoms with E-state index in [0.29, 0.717) is 31.7 Å². The average Bonchev–Trinajstić information content (AvgIpc) is 3.05. The first-order valence-electron chi connectivity index (χ1n) is 7.24. The van der Waals surface area contributed by atoms with Crippen LogP contribution in [0.2, 0.25) is 0 Å². The van der Waals surface area contributed by atoms with Gasteiger partial charge in [0.1, 0.15) is 0 Å². The van der Waals surface area contributed by atoms with Crippen LogP contribution in [0.4, 0.5) is 8.78 Å². The van der Waals surface area contributed by atoms with Gasteiger partial charge in [0.25, 0.3) is 5.92 Å². The highest BCUT2D eigenvalue weighted by Gasteiger charge is 2.44. The number of hydrogen-bond acceptors (Lipinski definition) is 4. The second-order valence-corrected chi connectivity index (χ2v) is 5.64. The number of nitrogens with zero attached hydrogens (tertiary/aromatic N) is 4. The number of rotatable bonds is 4. The summed E-state index contributed by atoms with van der Waals surface area (Å²) in [6.45, 7) is 2.55. The van der Waals surface area contributed by atoms with Gasteiger partial charge in [-0.2, -0.15) is 10.1 Å². The molecule has 114 valence electrons. The van der Waals surface area contributed by atoms with E-state index in [1.54, 1.807) is 10.9 Å². The zero-order chi connectivity index (χ0) is 14.9. The van der Waals surface area contributed by atoms with Crippen LogP contribution in [-0.4, -0.2) is 25.8 Å². The molecule has 5 nitrogen and oxygen atoms in total. The first-order chi connectivity index (χ1) is 10.0. The van der Waals surface area contributed by atoms with Crippen molar-refractivity contribution in [1.29, 1.82) is 0 Å². The molecule has 1 atom stereocenters. The Morgan fingerprint density at radius 1 is 1.43 bits per heavy atom. The molecule has 1 unspecified atom stereocenters. The summed E-state index contributed by atoms with van der Waals surface area (Å²) in [4.78, 5) is 4.15. The minimum atomic E-state index is -2.72. The van der Waals surface area contributed by atoms with Gasteiger partial charge in [0.15, 0.2) is 5.82 Å². The molecule has 1 aliphatic rings. The van der Waals surface area contributed by atoms with Crippen LogP contribution in [0, 0.1) is 6.92 Å². The lowest BCUT2D eigenvalue weighted by molar-refractivity contribution is -0.0576. The fraction of sp³-hybridized carbons (Fsp3) is 0.643. The highest BCUT2D eigenvalue weighted by molar-refractivity contribution is 5.04. The van der Waals surface area contributed by atoms with Crippen molar-refractivity contribution < 1.29 is 13.3 Å². The molecule has 2 aromatic rings. The number of halogens is 2. The Labute approximate surface area is 121 Å². The standard InChI is InChI=1S/C14H18F2N4O/c1-10-8-17-20(9-10)7-5-12-18-13(19-21-12)11-4-2-3-6-14(11,15)16/h8-9,11H,2-7H2,1H3. The topological polar surface area (TPSA) is 56.7 Å². The SMILES string of the molecule is Cc1cnn(CCc2nc(C3CCCCC3(F)F)no2)c1. The maximum atomic E-state index is 13.9. The van der Waals surface area contributed by atoms with E-state index in [0.717, 1.165) is 12.0 Å². The lowest BCUT2D eigenvalue weighted by atomic mass is 9.85. The molecule has 0 spiro atoms. The highest BCUT2D eigenvalue weighted by Crippen LogP contribution is 2.43. The lowest BCUT2D eigenvalue weighted by Crippen LogP contribution is -2.30. The molecular weight excluding hydrogens is 278 g/mol. The largest absolute Gasteiger partial charge is 0.339 e. The van der Waals surface area contributed by atoms with Gasteiger partial charge in [0.05, 0.1) is 12.1 Å². The summed E-state index contributed by atoms with van der Waals surface area (Å²) in [5.74, 6) is -3.10. The molecule has 0 amide bonds. The van der Waals surface area contributed by atoms with Crippen molar-refractivity contribution in [2.75, 3.05) is 0 Å². The molecule has 0 aliphatic heterocycles. The minimum Gasteiger partial charge on any atom is -0.339 e. The molecule has 0 N–H and O–H groups in total. The number of hydrogen-bond donors (Lipinski definition) is 0. The summed E-state index contributed by atoms with van der Waals surface area (Å²) < 4.78 is 34.6. The monoisotopic (exact) mass is 296 g/mol. The van der Waals surface area contributed by atoms with E-state index in [4.69, 9.17) is 4.52 Å². The van der Waals surface area contributed by atoms with Gasteiger partial charge in [-0.1, -0.05) is 11.6 Å². The van der Waals surface area contributed by atoms with Crippen molar-refractivity contribution in [3.8, 4) is 0 Å². The van der Waals surface area contributed by atoms with Crippen LogP contribution < -0.4 is 0 Å². The molecular formula is C14H18F2N4O. The summed E-state index contributed by atoms with van der Waals surface area (Å²) in [5, 5.41) is 7.91. The van der Waals surface area contributed by atoms with Crippen molar-refractivity contribution >= 4 is 0 Å². The van der Waals surface area contributed by atoms with Gasteiger partial charge in [-0.25, -0.2) is 8.78 Å². The van der Waals surface area contributed by atoms with E-state index in [9.17, 15) is 8.78 Å². The summed E-state index contributed by atoms with van der Waals surface area (Å²) in [7, 11) is 0. The van der Waals surface area contributed by atoms with E-state index >= 15 is 0 Å². The molecule has 0 radical (unpaired) electrons. The fourth-order valence-corrected chi connectivity index (χ4v) is 2.72. The molecule has 0 saturated heterocycles. The first-order valence-corrected chi connectivity index (χ1v) is 7.24. The molecule has 2 heterocycles. The van der Waals surface area contributed by atoms with Crippen molar-refractivity contribution in [2.45, 2.75) is 57.4 Å². The van der Waals surface area contributed by atoms with Gasteiger partial charge >= 0.3 is 0 Å². The first kappa shape index (κ1) is 14.2. The molecule has 7 heteroatoms. The fourth-order valence-electron chi connectivity index (χ4n) is 2.72. The summed E-state index contributed by atoms with van der Waals surface area (Å²) in [5.41, 5.74) is 1.07. The Bertz CT molecular complexity index is 608. The quantitative estimate of drug-likeness (QED) is 0.870. The van der Waals surface area contributed by atoms with Gasteiger partial charge in [-0.15, -0.1) is 0 Å². The predicted molar refractivity (Wildman–Crippen MR) is 71.1 cm³/mol. The predicted octanol–water partition coefficient (Wildman–Crippen LogP) is 3.11. The van der Waals surface area contributed by atoms with Gasteiger partial charge < -0.3 is 4.52 Å². The van der Waals surface area contributed by atoms with Gasteiger partial charge in [-0.05, 0) is 25.3 Å². The Balaban J connectivity index is 1.65. The van der Waals surface area contributed by atoms with E-state index < -0.39 is 11.8 Å². The average molecular weight is 296 g/mol. The lowest BCUT2D eigenvalue weighted by Gasteiger charge is -2.28. The molecule has 1 saturated carbocycles. The van der Waals surface area contributed by atoms with E-state index in [2.05, 4.69) is 15.2 Å². The van der Waals surface area contributed by atoms with Gasteiger partial charge in [0, 0.05) is 25.6 Å². The van der Waals surface area contributed by atoms with Crippen molar-refractivity contribution in [3.05, 3.63) is 29.7 Å². The maximum Gasteiger partial charge on any atom is 0.258 e. The molecule has 2 aromatic heterocycles. The molecule has 3 rings (SSSR count). The van der Waals surface area contributed by atoms with E-state index in [1.807, 2.05) is 13.1 Å². The maximum absolute atomic E-state index is 13.9.